The molecule has 0 radical (unpaired) electrons. The van der Waals surface area contributed by atoms with Crippen LogP contribution in [0.5, 0.6) is 0 Å². The molecule has 0 aliphatic carbocycles. The first-order valence-electron chi connectivity index (χ1n) is 14.2. The zero-order valence-electron chi connectivity index (χ0n) is 23.6. The molecular weight excluding hydrogens is 548 g/mol. The molecule has 1 rings (SSSR count). The Kier molecular flexibility index (Phi) is 29.1. The Balaban J connectivity index is 1.64. The van der Waals surface area contributed by atoms with Crippen molar-refractivity contribution in [3.05, 3.63) is 0 Å². The van der Waals surface area contributed by atoms with Gasteiger partial charge in [0, 0.05) is 30.5 Å². The summed E-state index contributed by atoms with van der Waals surface area (Å²) < 4.78 is 43.3. The highest BCUT2D eigenvalue weighted by molar-refractivity contribution is 8.77. The van der Waals surface area contributed by atoms with Crippen molar-refractivity contribution >= 4 is 27.5 Å². The van der Waals surface area contributed by atoms with Crippen LogP contribution < -0.4 is 11.1 Å². The van der Waals surface area contributed by atoms with Crippen LogP contribution in [-0.4, -0.2) is 136 Å². The number of hydrogen-bond acceptors (Lipinski definition) is 12. The van der Waals surface area contributed by atoms with Gasteiger partial charge in [-0.3, -0.25) is 4.79 Å². The van der Waals surface area contributed by atoms with Crippen molar-refractivity contribution in [3.63, 3.8) is 0 Å². The first kappa shape index (κ1) is 36.8. The van der Waals surface area contributed by atoms with Crippen LogP contribution >= 0.6 is 21.6 Å². The normalized spacial score (nSPS) is 15.3. The molecule has 1 unspecified atom stereocenters. The molecule has 1 atom stereocenters. The van der Waals surface area contributed by atoms with E-state index in [-0.39, 0.29) is 5.91 Å². The summed E-state index contributed by atoms with van der Waals surface area (Å²) in [5.41, 5.74) is 5.32. The van der Waals surface area contributed by atoms with E-state index in [4.69, 9.17) is 43.6 Å². The molecule has 0 spiro atoms. The molecule has 1 aliphatic rings. The predicted molar refractivity (Wildman–Crippen MR) is 156 cm³/mol. The molecule has 0 saturated carbocycles. The van der Waals surface area contributed by atoms with Crippen molar-refractivity contribution in [1.82, 2.24) is 5.32 Å². The summed E-state index contributed by atoms with van der Waals surface area (Å²) >= 11 is 0. The van der Waals surface area contributed by atoms with Crippen molar-refractivity contribution in [2.24, 2.45) is 5.73 Å². The lowest BCUT2D eigenvalue weighted by Gasteiger charge is -2.09. The van der Waals surface area contributed by atoms with E-state index in [1.807, 2.05) is 21.6 Å². The second-order valence-corrected chi connectivity index (χ2v) is 11.4. The summed E-state index contributed by atoms with van der Waals surface area (Å²) in [6.45, 7) is 9.42. The minimum absolute atomic E-state index is 0.112. The van der Waals surface area contributed by atoms with E-state index in [1.54, 1.807) is 0 Å². The largest absolute Gasteiger partial charge is 0.378 e. The highest BCUT2D eigenvalue weighted by Gasteiger charge is 2.15. The molecule has 0 aromatic carbocycles. The Bertz CT molecular complexity index is 522. The SMILES string of the molecule is NCCOCCOCCOCCOCCOCCOCCOCCOCCNC(=O)CCCCC1CCSS1. The number of nitrogens with two attached hydrogens (primary N) is 1. The summed E-state index contributed by atoms with van der Waals surface area (Å²) in [6, 6.07) is 0. The number of amides is 1. The van der Waals surface area contributed by atoms with Crippen LogP contribution in [0.4, 0.5) is 0 Å². The molecule has 1 fully saturated rings. The number of unbranched alkanes of at least 4 members (excludes halogenated alkanes) is 1. The first-order chi connectivity index (χ1) is 19.3. The van der Waals surface area contributed by atoms with E-state index >= 15 is 0 Å². The Labute approximate surface area is 242 Å². The Morgan fingerprint density at radius 1 is 0.641 bits per heavy atom. The van der Waals surface area contributed by atoms with E-state index in [0.29, 0.717) is 125 Å². The molecule has 0 aromatic heterocycles. The first-order valence-corrected chi connectivity index (χ1v) is 16.6. The molecule has 0 aromatic rings. The Hall–Kier alpha value is -0.190. The van der Waals surface area contributed by atoms with Gasteiger partial charge >= 0.3 is 0 Å². The number of rotatable bonds is 31. The van der Waals surface area contributed by atoms with Crippen molar-refractivity contribution in [2.45, 2.75) is 37.4 Å². The number of carbonyl (C=O) groups is 1. The summed E-state index contributed by atoms with van der Waals surface area (Å²) in [5.74, 6) is 1.38. The minimum Gasteiger partial charge on any atom is -0.378 e. The van der Waals surface area contributed by atoms with Crippen molar-refractivity contribution < 1.29 is 42.7 Å². The number of carbonyl (C=O) groups excluding carboxylic acids is 1. The smallest absolute Gasteiger partial charge is 0.220 e. The minimum atomic E-state index is 0.112. The number of nitrogens with one attached hydrogen (secondary N) is 1. The average Bonchev–Trinajstić information content (AvgIpc) is 3.47. The Morgan fingerprint density at radius 2 is 1.08 bits per heavy atom. The average molecular weight is 601 g/mol. The highest BCUT2D eigenvalue weighted by Crippen LogP contribution is 2.39. The molecule has 11 nitrogen and oxygen atoms in total. The van der Waals surface area contributed by atoms with Gasteiger partial charge in [-0.1, -0.05) is 28.0 Å². The van der Waals surface area contributed by atoms with Gasteiger partial charge < -0.3 is 48.9 Å². The van der Waals surface area contributed by atoms with Crippen LogP contribution in [0.2, 0.25) is 0 Å². The van der Waals surface area contributed by atoms with Gasteiger partial charge in [-0.2, -0.15) is 0 Å². The third kappa shape index (κ3) is 27.7. The van der Waals surface area contributed by atoms with Crippen molar-refractivity contribution in [1.29, 1.82) is 0 Å². The number of ether oxygens (including phenoxy) is 8. The maximum absolute atomic E-state index is 11.8. The lowest BCUT2D eigenvalue weighted by Crippen LogP contribution is -2.27. The van der Waals surface area contributed by atoms with Gasteiger partial charge in [-0.25, -0.2) is 0 Å². The monoisotopic (exact) mass is 600 g/mol. The van der Waals surface area contributed by atoms with Crippen LogP contribution in [0.15, 0.2) is 0 Å². The summed E-state index contributed by atoms with van der Waals surface area (Å²) in [6.07, 6.45) is 5.24. The Morgan fingerprint density at radius 3 is 1.49 bits per heavy atom. The van der Waals surface area contributed by atoms with Gasteiger partial charge in [0.15, 0.2) is 0 Å². The molecule has 1 saturated heterocycles. The van der Waals surface area contributed by atoms with Crippen LogP contribution in [0, 0.1) is 0 Å². The standard InChI is InChI=1S/C26H52N2O9S2/c27-6-8-30-10-12-32-14-16-34-18-20-36-22-23-37-21-19-35-17-15-33-13-11-31-9-7-28-26(29)4-2-1-3-25-5-24-38-39-25/h25H,1-24,27H2,(H,28,29). The highest BCUT2D eigenvalue weighted by atomic mass is 33.1. The molecule has 1 amide bonds. The van der Waals surface area contributed by atoms with Gasteiger partial charge in [-0.15, -0.1) is 0 Å². The van der Waals surface area contributed by atoms with Crippen LogP contribution in [0.3, 0.4) is 0 Å². The molecule has 3 N–H and O–H groups in total. The quantitative estimate of drug-likeness (QED) is 0.0891. The molecular formula is C26H52N2O9S2. The fraction of sp³-hybridized carbons (Fsp3) is 0.962. The summed E-state index contributed by atoms with van der Waals surface area (Å²) in [5, 5.41) is 3.70. The molecule has 1 aliphatic heterocycles. The van der Waals surface area contributed by atoms with E-state index < -0.39 is 0 Å². The number of hydrogen-bond donors (Lipinski definition) is 2. The van der Waals surface area contributed by atoms with Gasteiger partial charge in [0.25, 0.3) is 0 Å². The van der Waals surface area contributed by atoms with E-state index in [2.05, 4.69) is 5.32 Å². The molecule has 1 heterocycles. The fourth-order valence-electron chi connectivity index (χ4n) is 3.30. The fourth-order valence-corrected chi connectivity index (χ4v) is 6.33. The van der Waals surface area contributed by atoms with Gasteiger partial charge in [0.05, 0.1) is 106 Å². The molecule has 13 heteroatoms. The predicted octanol–water partition coefficient (Wildman–Crippen LogP) is 1.91. The third-order valence-electron chi connectivity index (χ3n) is 5.34. The van der Waals surface area contributed by atoms with Gasteiger partial charge in [-0.05, 0) is 19.3 Å². The second-order valence-electron chi connectivity index (χ2n) is 8.61. The van der Waals surface area contributed by atoms with E-state index in [9.17, 15) is 4.79 Å². The third-order valence-corrected chi connectivity index (χ3v) is 8.35. The van der Waals surface area contributed by atoms with Gasteiger partial charge in [0.1, 0.15) is 0 Å². The second kappa shape index (κ2) is 30.8. The molecule has 0 bridgehead atoms. The van der Waals surface area contributed by atoms with Crippen molar-refractivity contribution in [2.75, 3.05) is 125 Å². The van der Waals surface area contributed by atoms with Crippen molar-refractivity contribution in [3.8, 4) is 0 Å². The van der Waals surface area contributed by atoms with E-state index in [1.165, 1.54) is 18.6 Å². The van der Waals surface area contributed by atoms with Gasteiger partial charge in [0.2, 0.25) is 5.91 Å². The lowest BCUT2D eigenvalue weighted by atomic mass is 10.1. The zero-order chi connectivity index (χ0) is 27.9. The maximum Gasteiger partial charge on any atom is 0.220 e. The molecule has 39 heavy (non-hydrogen) atoms. The van der Waals surface area contributed by atoms with Crippen LogP contribution in [-0.2, 0) is 42.7 Å². The zero-order valence-corrected chi connectivity index (χ0v) is 25.2. The van der Waals surface area contributed by atoms with E-state index in [0.717, 1.165) is 18.1 Å². The topological polar surface area (TPSA) is 129 Å². The summed E-state index contributed by atoms with van der Waals surface area (Å²) in [7, 11) is 3.97. The molecule has 232 valence electrons. The summed E-state index contributed by atoms with van der Waals surface area (Å²) in [4.78, 5) is 11.8. The van der Waals surface area contributed by atoms with Crippen LogP contribution in [0.1, 0.15) is 32.1 Å². The maximum atomic E-state index is 11.8. The lowest BCUT2D eigenvalue weighted by molar-refractivity contribution is -0.121. The van der Waals surface area contributed by atoms with Crippen LogP contribution in [0.25, 0.3) is 0 Å².